The first-order valence-electron chi connectivity index (χ1n) is 4.91. The molecule has 1 aliphatic carbocycles. The van der Waals surface area contributed by atoms with Crippen molar-refractivity contribution in [2.45, 2.75) is 33.1 Å². The number of anilines is 1. The molecule has 0 bridgehead atoms. The number of nitrogens with zero attached hydrogens (tertiary/aromatic N) is 1. The van der Waals surface area contributed by atoms with Gasteiger partial charge in [0.1, 0.15) is 0 Å². The van der Waals surface area contributed by atoms with Crippen LogP contribution in [0.5, 0.6) is 0 Å². The molecule has 1 aromatic heterocycles. The SMILES string of the molecule is CC(=O)Nc1nc2c(s1)CCC(C)C2. The van der Waals surface area contributed by atoms with E-state index in [1.807, 2.05) is 0 Å². The van der Waals surface area contributed by atoms with Gasteiger partial charge in [-0.1, -0.05) is 6.92 Å². The standard InChI is InChI=1S/C10H14N2OS/c1-6-3-4-9-8(5-6)12-10(14-9)11-7(2)13/h6H,3-5H2,1-2H3,(H,11,12,13). The summed E-state index contributed by atoms with van der Waals surface area (Å²) in [5, 5.41) is 3.51. The summed E-state index contributed by atoms with van der Waals surface area (Å²) < 4.78 is 0. The van der Waals surface area contributed by atoms with Crippen molar-refractivity contribution in [1.29, 1.82) is 0 Å². The van der Waals surface area contributed by atoms with E-state index in [2.05, 4.69) is 17.2 Å². The zero-order chi connectivity index (χ0) is 10.1. The van der Waals surface area contributed by atoms with Crippen LogP contribution in [0.2, 0.25) is 0 Å². The second-order valence-corrected chi connectivity index (χ2v) is 5.00. The van der Waals surface area contributed by atoms with Gasteiger partial charge in [0.25, 0.3) is 0 Å². The van der Waals surface area contributed by atoms with E-state index >= 15 is 0 Å². The molecular weight excluding hydrogens is 196 g/mol. The molecule has 1 amide bonds. The number of carbonyl (C=O) groups excluding carboxylic acids is 1. The number of amides is 1. The highest BCUT2D eigenvalue weighted by molar-refractivity contribution is 7.15. The third-order valence-corrected chi connectivity index (χ3v) is 3.54. The lowest BCUT2D eigenvalue weighted by molar-refractivity contribution is -0.114. The fraction of sp³-hybridized carbons (Fsp3) is 0.600. The van der Waals surface area contributed by atoms with Gasteiger partial charge in [-0.3, -0.25) is 4.79 Å². The lowest BCUT2D eigenvalue weighted by atomic mass is 9.93. The molecule has 1 atom stereocenters. The number of hydrogen-bond acceptors (Lipinski definition) is 3. The largest absolute Gasteiger partial charge is 0.302 e. The van der Waals surface area contributed by atoms with Gasteiger partial charge in [0.15, 0.2) is 5.13 Å². The Hall–Kier alpha value is -0.900. The van der Waals surface area contributed by atoms with Crippen molar-refractivity contribution in [3.63, 3.8) is 0 Å². The van der Waals surface area contributed by atoms with Crippen LogP contribution in [0.15, 0.2) is 0 Å². The van der Waals surface area contributed by atoms with Gasteiger partial charge in [-0.05, 0) is 25.2 Å². The van der Waals surface area contributed by atoms with Gasteiger partial charge in [-0.25, -0.2) is 4.98 Å². The van der Waals surface area contributed by atoms with Crippen LogP contribution in [0.25, 0.3) is 0 Å². The summed E-state index contributed by atoms with van der Waals surface area (Å²) >= 11 is 1.62. The minimum Gasteiger partial charge on any atom is -0.302 e. The van der Waals surface area contributed by atoms with E-state index in [0.29, 0.717) is 0 Å². The normalized spacial score (nSPS) is 20.3. The molecule has 1 heterocycles. The fourth-order valence-electron chi connectivity index (χ4n) is 1.75. The third-order valence-electron chi connectivity index (χ3n) is 2.47. The van der Waals surface area contributed by atoms with E-state index in [1.54, 1.807) is 11.3 Å². The Labute approximate surface area is 87.6 Å². The van der Waals surface area contributed by atoms with Crippen molar-refractivity contribution in [3.05, 3.63) is 10.6 Å². The minimum absolute atomic E-state index is 0.0378. The van der Waals surface area contributed by atoms with E-state index in [1.165, 1.54) is 23.9 Å². The Morgan fingerprint density at radius 3 is 3.14 bits per heavy atom. The molecule has 0 fully saturated rings. The molecule has 4 heteroatoms. The molecule has 0 aromatic carbocycles. The van der Waals surface area contributed by atoms with Crippen molar-refractivity contribution in [1.82, 2.24) is 4.98 Å². The molecular formula is C10H14N2OS. The Balaban J connectivity index is 2.19. The number of nitrogens with one attached hydrogen (secondary N) is 1. The van der Waals surface area contributed by atoms with Crippen molar-refractivity contribution in [3.8, 4) is 0 Å². The van der Waals surface area contributed by atoms with Crippen molar-refractivity contribution < 1.29 is 4.79 Å². The van der Waals surface area contributed by atoms with Gasteiger partial charge in [-0.2, -0.15) is 0 Å². The van der Waals surface area contributed by atoms with Crippen LogP contribution in [-0.2, 0) is 17.6 Å². The summed E-state index contributed by atoms with van der Waals surface area (Å²) in [6.45, 7) is 3.77. The molecule has 0 saturated heterocycles. The molecule has 0 saturated carbocycles. The summed E-state index contributed by atoms with van der Waals surface area (Å²) in [6, 6.07) is 0. The highest BCUT2D eigenvalue weighted by Crippen LogP contribution is 2.31. The van der Waals surface area contributed by atoms with E-state index in [4.69, 9.17) is 0 Å². The molecule has 14 heavy (non-hydrogen) atoms. The zero-order valence-electron chi connectivity index (χ0n) is 8.46. The molecule has 1 unspecified atom stereocenters. The monoisotopic (exact) mass is 210 g/mol. The van der Waals surface area contributed by atoms with E-state index < -0.39 is 0 Å². The maximum Gasteiger partial charge on any atom is 0.223 e. The summed E-state index contributed by atoms with van der Waals surface area (Å²) in [4.78, 5) is 16.6. The molecule has 1 aromatic rings. The molecule has 76 valence electrons. The zero-order valence-corrected chi connectivity index (χ0v) is 9.28. The summed E-state index contributed by atoms with van der Waals surface area (Å²) in [7, 11) is 0. The second kappa shape index (κ2) is 3.69. The highest BCUT2D eigenvalue weighted by atomic mass is 32.1. The maximum absolute atomic E-state index is 10.8. The molecule has 3 nitrogen and oxygen atoms in total. The van der Waals surface area contributed by atoms with E-state index in [9.17, 15) is 4.79 Å². The Bertz CT molecular complexity index is 359. The number of aromatic nitrogens is 1. The number of fused-ring (bicyclic) bond motifs is 1. The Morgan fingerprint density at radius 2 is 2.43 bits per heavy atom. The summed E-state index contributed by atoms with van der Waals surface area (Å²) in [5.41, 5.74) is 1.19. The predicted molar refractivity (Wildman–Crippen MR) is 57.6 cm³/mol. The minimum atomic E-state index is -0.0378. The first kappa shape index (κ1) is 9.65. The van der Waals surface area contributed by atoms with Crippen molar-refractivity contribution >= 4 is 22.4 Å². The number of carbonyl (C=O) groups is 1. The first-order chi connectivity index (χ1) is 6.65. The number of hydrogen-bond donors (Lipinski definition) is 1. The van der Waals surface area contributed by atoms with Crippen LogP contribution in [0.4, 0.5) is 5.13 Å². The van der Waals surface area contributed by atoms with Gasteiger partial charge < -0.3 is 5.32 Å². The topological polar surface area (TPSA) is 42.0 Å². The van der Waals surface area contributed by atoms with Crippen LogP contribution in [0, 0.1) is 5.92 Å². The molecule has 1 N–H and O–H groups in total. The summed E-state index contributed by atoms with van der Waals surface area (Å²) in [6.07, 6.45) is 3.42. The van der Waals surface area contributed by atoms with Crippen LogP contribution < -0.4 is 5.32 Å². The molecule has 0 radical (unpaired) electrons. The first-order valence-corrected chi connectivity index (χ1v) is 5.73. The van der Waals surface area contributed by atoms with E-state index in [-0.39, 0.29) is 5.91 Å². The average molecular weight is 210 g/mol. The average Bonchev–Trinajstić information content (AvgIpc) is 2.44. The van der Waals surface area contributed by atoms with E-state index in [0.717, 1.165) is 23.9 Å². The summed E-state index contributed by atoms with van der Waals surface area (Å²) in [5.74, 6) is 0.693. The van der Waals surface area contributed by atoms with Gasteiger partial charge in [0, 0.05) is 11.8 Å². The third kappa shape index (κ3) is 1.95. The van der Waals surface area contributed by atoms with Crippen LogP contribution in [0.1, 0.15) is 30.8 Å². The number of aryl methyl sites for hydroxylation is 1. The Kier molecular flexibility index (Phi) is 2.54. The van der Waals surface area contributed by atoms with Crippen LogP contribution >= 0.6 is 11.3 Å². The smallest absolute Gasteiger partial charge is 0.223 e. The molecule has 1 aliphatic rings. The van der Waals surface area contributed by atoms with Crippen molar-refractivity contribution in [2.24, 2.45) is 5.92 Å². The molecule has 0 spiro atoms. The van der Waals surface area contributed by atoms with Gasteiger partial charge in [-0.15, -0.1) is 11.3 Å². The van der Waals surface area contributed by atoms with Crippen LogP contribution in [0.3, 0.4) is 0 Å². The molecule has 0 aliphatic heterocycles. The van der Waals surface area contributed by atoms with Gasteiger partial charge in [0.05, 0.1) is 5.69 Å². The second-order valence-electron chi connectivity index (χ2n) is 3.92. The van der Waals surface area contributed by atoms with Gasteiger partial charge in [0.2, 0.25) is 5.91 Å². The maximum atomic E-state index is 10.8. The number of thiazole rings is 1. The highest BCUT2D eigenvalue weighted by Gasteiger charge is 2.19. The van der Waals surface area contributed by atoms with Crippen LogP contribution in [-0.4, -0.2) is 10.9 Å². The predicted octanol–water partition coefficient (Wildman–Crippen LogP) is 2.23. The lowest BCUT2D eigenvalue weighted by Crippen LogP contribution is -2.09. The fourth-order valence-corrected chi connectivity index (χ4v) is 2.80. The van der Waals surface area contributed by atoms with Gasteiger partial charge >= 0.3 is 0 Å². The lowest BCUT2D eigenvalue weighted by Gasteiger charge is -2.15. The quantitative estimate of drug-likeness (QED) is 0.772. The number of rotatable bonds is 1. The van der Waals surface area contributed by atoms with Crippen molar-refractivity contribution in [2.75, 3.05) is 5.32 Å². The Morgan fingerprint density at radius 1 is 1.64 bits per heavy atom. The molecule has 2 rings (SSSR count).